The van der Waals surface area contributed by atoms with E-state index in [9.17, 15) is 14.9 Å². The van der Waals surface area contributed by atoms with Crippen molar-refractivity contribution < 1.29 is 19.2 Å². The topological polar surface area (TPSA) is 86.3 Å². The standard InChI is InChI=1S/C18H23N3O5/c1-18(2,3)26-17(22)20-10-6-7-13(11-20)12-25-15-9-5-8-14(21(23)24)16(15)19-4/h5,8-9,13H,6-7,10-12H2,1-3H3/t13-/m0/s1. The van der Waals surface area contributed by atoms with Gasteiger partial charge in [0.25, 0.3) is 5.69 Å². The first kappa shape index (κ1) is 19.5. The van der Waals surface area contributed by atoms with E-state index in [0.29, 0.717) is 13.1 Å². The molecule has 0 bridgehead atoms. The monoisotopic (exact) mass is 361 g/mol. The molecule has 8 nitrogen and oxygen atoms in total. The molecule has 1 aliphatic rings. The van der Waals surface area contributed by atoms with E-state index < -0.39 is 10.5 Å². The fraction of sp³-hybridized carbons (Fsp3) is 0.556. The predicted molar refractivity (Wildman–Crippen MR) is 95.4 cm³/mol. The molecule has 0 aliphatic carbocycles. The zero-order valence-electron chi connectivity index (χ0n) is 15.2. The summed E-state index contributed by atoms with van der Waals surface area (Å²) in [5.74, 6) is 0.276. The Morgan fingerprint density at radius 2 is 2.19 bits per heavy atom. The molecule has 0 unspecified atom stereocenters. The van der Waals surface area contributed by atoms with E-state index in [2.05, 4.69) is 4.85 Å². The number of rotatable bonds is 4. The highest BCUT2D eigenvalue weighted by Gasteiger charge is 2.28. The number of nitro benzene ring substituents is 1. The molecule has 1 aromatic rings. The number of hydrogen-bond donors (Lipinski definition) is 0. The molecular formula is C18H23N3O5. The van der Waals surface area contributed by atoms with E-state index in [0.717, 1.165) is 12.8 Å². The molecule has 1 fully saturated rings. The number of nitrogens with zero attached hydrogens (tertiary/aromatic N) is 3. The van der Waals surface area contributed by atoms with E-state index in [4.69, 9.17) is 16.0 Å². The summed E-state index contributed by atoms with van der Waals surface area (Å²) in [4.78, 5) is 27.5. The van der Waals surface area contributed by atoms with E-state index >= 15 is 0 Å². The van der Waals surface area contributed by atoms with Crippen molar-refractivity contribution in [2.24, 2.45) is 5.92 Å². The summed E-state index contributed by atoms with van der Waals surface area (Å²) in [5, 5.41) is 11.0. The summed E-state index contributed by atoms with van der Waals surface area (Å²) in [5.41, 5.74) is -0.914. The quantitative estimate of drug-likeness (QED) is 0.456. The predicted octanol–water partition coefficient (Wildman–Crippen LogP) is 4.17. The Balaban J connectivity index is 2.00. The Morgan fingerprint density at radius 3 is 2.81 bits per heavy atom. The van der Waals surface area contributed by atoms with Crippen LogP contribution in [0.1, 0.15) is 33.6 Å². The van der Waals surface area contributed by atoms with Gasteiger partial charge >= 0.3 is 11.8 Å². The summed E-state index contributed by atoms with van der Waals surface area (Å²) >= 11 is 0. The largest absolute Gasteiger partial charge is 0.504 e. The summed E-state index contributed by atoms with van der Waals surface area (Å²) in [6, 6.07) is 4.33. The molecule has 1 atom stereocenters. The number of hydrogen-bond acceptors (Lipinski definition) is 5. The fourth-order valence-electron chi connectivity index (χ4n) is 2.79. The molecule has 0 N–H and O–H groups in total. The van der Waals surface area contributed by atoms with Crippen LogP contribution in [-0.2, 0) is 4.74 Å². The number of carbonyl (C=O) groups is 1. The van der Waals surface area contributed by atoms with Crippen LogP contribution in [0, 0.1) is 22.6 Å². The molecule has 1 heterocycles. The van der Waals surface area contributed by atoms with Gasteiger partial charge in [-0.2, -0.15) is 0 Å². The molecule has 1 aliphatic heterocycles. The van der Waals surface area contributed by atoms with E-state index in [1.165, 1.54) is 12.1 Å². The minimum Gasteiger partial charge on any atom is -0.504 e. The smallest absolute Gasteiger partial charge is 0.410 e. The molecule has 2 rings (SSSR count). The summed E-state index contributed by atoms with van der Waals surface area (Å²) < 4.78 is 11.1. The summed E-state index contributed by atoms with van der Waals surface area (Å²) in [7, 11) is 0. The number of ether oxygens (including phenoxy) is 2. The molecule has 0 saturated carbocycles. The average molecular weight is 361 g/mol. The van der Waals surface area contributed by atoms with Crippen LogP contribution < -0.4 is 4.74 Å². The number of likely N-dealkylation sites (tertiary alicyclic amines) is 1. The lowest BCUT2D eigenvalue weighted by molar-refractivity contribution is -0.383. The van der Waals surface area contributed by atoms with Crippen molar-refractivity contribution in [2.45, 2.75) is 39.2 Å². The first-order valence-corrected chi connectivity index (χ1v) is 8.47. The lowest BCUT2D eigenvalue weighted by Gasteiger charge is -2.34. The van der Waals surface area contributed by atoms with Gasteiger partial charge in [0.15, 0.2) is 0 Å². The normalized spacial score (nSPS) is 17.3. The maximum Gasteiger partial charge on any atom is 0.410 e. The van der Waals surface area contributed by atoms with Gasteiger partial charge in [0.05, 0.1) is 18.1 Å². The molecule has 8 heteroatoms. The lowest BCUT2D eigenvalue weighted by Crippen LogP contribution is -2.44. The van der Waals surface area contributed by atoms with Crippen molar-refractivity contribution in [3.05, 3.63) is 39.7 Å². The van der Waals surface area contributed by atoms with Gasteiger partial charge in [-0.1, -0.05) is 6.07 Å². The third kappa shape index (κ3) is 5.09. The van der Waals surface area contributed by atoms with Crippen molar-refractivity contribution in [1.29, 1.82) is 0 Å². The van der Waals surface area contributed by atoms with Gasteiger partial charge in [-0.25, -0.2) is 9.64 Å². The molecule has 0 aromatic heterocycles. The molecule has 1 saturated heterocycles. The van der Waals surface area contributed by atoms with Crippen LogP contribution in [0.3, 0.4) is 0 Å². The molecule has 1 amide bonds. The van der Waals surface area contributed by atoms with Gasteiger partial charge in [-0.15, -0.1) is 0 Å². The van der Waals surface area contributed by atoms with E-state index in [1.807, 2.05) is 20.8 Å². The number of benzene rings is 1. The first-order valence-electron chi connectivity index (χ1n) is 8.47. The van der Waals surface area contributed by atoms with E-state index in [-0.39, 0.29) is 35.7 Å². The molecule has 0 spiro atoms. The van der Waals surface area contributed by atoms with Gasteiger partial charge in [0, 0.05) is 25.1 Å². The van der Waals surface area contributed by atoms with Crippen molar-refractivity contribution in [1.82, 2.24) is 4.90 Å². The number of amides is 1. The zero-order valence-corrected chi connectivity index (χ0v) is 15.2. The second-order valence-corrected chi connectivity index (χ2v) is 7.24. The van der Waals surface area contributed by atoms with Gasteiger partial charge in [-0.05, 0) is 39.7 Å². The Bertz CT molecular complexity index is 721. The van der Waals surface area contributed by atoms with Crippen molar-refractivity contribution in [3.8, 4) is 5.75 Å². The number of carbonyl (C=O) groups excluding carboxylic acids is 1. The lowest BCUT2D eigenvalue weighted by atomic mass is 9.99. The first-order chi connectivity index (χ1) is 12.2. The Morgan fingerprint density at radius 1 is 1.46 bits per heavy atom. The van der Waals surface area contributed by atoms with E-state index in [1.54, 1.807) is 11.0 Å². The minimum absolute atomic E-state index is 0.0779. The second kappa shape index (κ2) is 8.04. The van der Waals surface area contributed by atoms with Gasteiger partial charge < -0.3 is 14.4 Å². The van der Waals surface area contributed by atoms with Gasteiger partial charge in [0.2, 0.25) is 0 Å². The maximum atomic E-state index is 12.2. The Hall–Kier alpha value is -2.82. The Labute approximate surface area is 152 Å². The molecule has 140 valence electrons. The molecule has 1 aromatic carbocycles. The van der Waals surface area contributed by atoms with Gasteiger partial charge in [0.1, 0.15) is 11.4 Å². The van der Waals surface area contributed by atoms with Gasteiger partial charge in [-0.3, -0.25) is 10.1 Å². The van der Waals surface area contributed by atoms with Crippen LogP contribution in [0.2, 0.25) is 0 Å². The minimum atomic E-state index is -0.592. The van der Waals surface area contributed by atoms with Crippen LogP contribution in [-0.4, -0.2) is 41.2 Å². The SMILES string of the molecule is [C-]#[N+]c1c(OC[C@H]2CCCN(C(=O)OC(C)(C)C)C2)cccc1[N+](=O)[O-]. The highest BCUT2D eigenvalue weighted by Crippen LogP contribution is 2.37. The van der Waals surface area contributed by atoms with Crippen LogP contribution in [0.25, 0.3) is 4.85 Å². The number of para-hydroxylation sites is 1. The number of piperidine rings is 1. The highest BCUT2D eigenvalue weighted by molar-refractivity contribution is 5.71. The van der Waals surface area contributed by atoms with Crippen LogP contribution in [0.4, 0.5) is 16.2 Å². The summed E-state index contributed by atoms with van der Waals surface area (Å²) in [6.07, 6.45) is 1.36. The third-order valence-electron chi connectivity index (χ3n) is 3.93. The fourth-order valence-corrected chi connectivity index (χ4v) is 2.79. The molecule has 26 heavy (non-hydrogen) atoms. The highest BCUT2D eigenvalue weighted by atomic mass is 16.6. The van der Waals surface area contributed by atoms with Crippen LogP contribution in [0.15, 0.2) is 18.2 Å². The molecular weight excluding hydrogens is 338 g/mol. The zero-order chi connectivity index (χ0) is 19.3. The van der Waals surface area contributed by atoms with Crippen LogP contribution >= 0.6 is 0 Å². The van der Waals surface area contributed by atoms with Crippen molar-refractivity contribution >= 4 is 17.5 Å². The maximum absolute atomic E-state index is 12.2. The third-order valence-corrected chi connectivity index (χ3v) is 3.93. The average Bonchev–Trinajstić information content (AvgIpc) is 2.58. The van der Waals surface area contributed by atoms with Crippen LogP contribution in [0.5, 0.6) is 5.75 Å². The summed E-state index contributed by atoms with van der Waals surface area (Å²) in [6.45, 7) is 14.1. The second-order valence-electron chi connectivity index (χ2n) is 7.24. The van der Waals surface area contributed by atoms with Crippen molar-refractivity contribution in [2.75, 3.05) is 19.7 Å². The number of nitro groups is 1. The molecule has 0 radical (unpaired) electrons. The Kier molecular flexibility index (Phi) is 6.03. The van der Waals surface area contributed by atoms with Crippen molar-refractivity contribution in [3.63, 3.8) is 0 Å².